The zero-order chi connectivity index (χ0) is 13.1. The minimum absolute atomic E-state index is 0.363. The molecule has 0 heterocycles. The van der Waals surface area contributed by atoms with E-state index in [4.69, 9.17) is 5.11 Å². The van der Waals surface area contributed by atoms with E-state index < -0.39 is 5.97 Å². The van der Waals surface area contributed by atoms with Crippen LogP contribution in [0.25, 0.3) is 0 Å². The molecule has 0 bridgehead atoms. The zero-order valence-corrected chi connectivity index (χ0v) is 12.7. The number of hydrogen-bond donors (Lipinski definition) is 1. The smallest absolute Gasteiger partial charge is 0.335 e. The van der Waals surface area contributed by atoms with Gasteiger partial charge in [0.1, 0.15) is 0 Å². The number of rotatable bonds is 3. The average Bonchev–Trinajstić information content (AvgIpc) is 2.32. The molecule has 0 radical (unpaired) electrons. The first-order valence-corrected chi connectivity index (χ1v) is 7.23. The molecular formula is C14H11IO2S. The van der Waals surface area contributed by atoms with Crippen LogP contribution in [-0.2, 0) is 0 Å². The molecule has 0 atom stereocenters. The third-order valence-electron chi connectivity index (χ3n) is 2.48. The lowest BCUT2D eigenvalue weighted by molar-refractivity contribution is 0.0696. The van der Waals surface area contributed by atoms with Gasteiger partial charge in [0.2, 0.25) is 0 Å². The standard InChI is InChI=1S/C14H11IO2S/c1-9-8-12(6-7-13(9)14(16)17)18-11-4-2-10(15)3-5-11/h2-8H,1H3,(H,16,17). The van der Waals surface area contributed by atoms with Gasteiger partial charge < -0.3 is 5.11 Å². The van der Waals surface area contributed by atoms with E-state index in [0.717, 1.165) is 15.4 Å². The van der Waals surface area contributed by atoms with Crippen molar-refractivity contribution in [2.75, 3.05) is 0 Å². The zero-order valence-electron chi connectivity index (χ0n) is 9.68. The van der Waals surface area contributed by atoms with Crippen LogP contribution < -0.4 is 0 Å². The van der Waals surface area contributed by atoms with Crippen molar-refractivity contribution in [3.63, 3.8) is 0 Å². The van der Waals surface area contributed by atoms with Crippen molar-refractivity contribution in [2.45, 2.75) is 16.7 Å². The summed E-state index contributed by atoms with van der Waals surface area (Å²) >= 11 is 3.90. The minimum Gasteiger partial charge on any atom is -0.478 e. The Kier molecular flexibility index (Phi) is 4.29. The first-order valence-electron chi connectivity index (χ1n) is 5.33. The average molecular weight is 370 g/mol. The van der Waals surface area contributed by atoms with Crippen molar-refractivity contribution in [1.82, 2.24) is 0 Å². The first kappa shape index (κ1) is 13.4. The molecule has 0 aliphatic heterocycles. The molecule has 18 heavy (non-hydrogen) atoms. The van der Waals surface area contributed by atoms with E-state index in [1.165, 1.54) is 3.57 Å². The second kappa shape index (κ2) is 5.75. The normalized spacial score (nSPS) is 10.3. The second-order valence-electron chi connectivity index (χ2n) is 3.84. The molecule has 0 aromatic heterocycles. The summed E-state index contributed by atoms with van der Waals surface area (Å²) in [6.07, 6.45) is 0. The van der Waals surface area contributed by atoms with Crippen LogP contribution in [0.15, 0.2) is 52.3 Å². The summed E-state index contributed by atoms with van der Waals surface area (Å²) in [6.45, 7) is 1.82. The van der Waals surface area contributed by atoms with Crippen LogP contribution in [0.5, 0.6) is 0 Å². The number of aromatic carboxylic acids is 1. The van der Waals surface area contributed by atoms with Crippen LogP contribution >= 0.6 is 34.4 Å². The van der Waals surface area contributed by atoms with Crippen molar-refractivity contribution in [2.24, 2.45) is 0 Å². The van der Waals surface area contributed by atoms with Gasteiger partial charge in [-0.2, -0.15) is 0 Å². The molecule has 0 fully saturated rings. The van der Waals surface area contributed by atoms with Gasteiger partial charge in [-0.3, -0.25) is 0 Å². The first-order chi connectivity index (χ1) is 8.56. The molecule has 2 nitrogen and oxygen atoms in total. The molecule has 2 rings (SSSR count). The number of carboxylic acids is 1. The van der Waals surface area contributed by atoms with Gasteiger partial charge >= 0.3 is 5.97 Å². The maximum atomic E-state index is 10.9. The Morgan fingerprint density at radius 3 is 2.28 bits per heavy atom. The molecule has 0 amide bonds. The fraction of sp³-hybridized carbons (Fsp3) is 0.0714. The van der Waals surface area contributed by atoms with Crippen LogP contribution in [-0.4, -0.2) is 11.1 Å². The number of halogens is 1. The summed E-state index contributed by atoms with van der Waals surface area (Å²) < 4.78 is 1.20. The number of aryl methyl sites for hydroxylation is 1. The summed E-state index contributed by atoms with van der Waals surface area (Å²) in [5.74, 6) is -0.877. The fourth-order valence-electron chi connectivity index (χ4n) is 1.58. The van der Waals surface area contributed by atoms with Gasteiger partial charge in [-0.05, 0) is 77.5 Å². The predicted octanol–water partition coefficient (Wildman–Crippen LogP) is 4.45. The molecule has 0 aliphatic carbocycles. The van der Waals surface area contributed by atoms with Crippen molar-refractivity contribution >= 4 is 40.3 Å². The highest BCUT2D eigenvalue weighted by Crippen LogP contribution is 2.29. The Hall–Kier alpha value is -1.01. The molecule has 0 unspecified atom stereocenters. The number of carbonyl (C=O) groups is 1. The Balaban J connectivity index is 2.22. The third kappa shape index (κ3) is 3.26. The summed E-state index contributed by atoms with van der Waals surface area (Å²) in [5.41, 5.74) is 1.15. The van der Waals surface area contributed by atoms with Gasteiger partial charge in [0.05, 0.1) is 5.56 Å². The molecule has 0 aliphatic rings. The SMILES string of the molecule is Cc1cc(Sc2ccc(I)cc2)ccc1C(=O)O. The lowest BCUT2D eigenvalue weighted by Crippen LogP contribution is -1.98. The molecule has 1 N–H and O–H groups in total. The van der Waals surface area contributed by atoms with Crippen molar-refractivity contribution in [1.29, 1.82) is 0 Å². The quantitative estimate of drug-likeness (QED) is 0.812. The van der Waals surface area contributed by atoms with Crippen molar-refractivity contribution < 1.29 is 9.90 Å². The van der Waals surface area contributed by atoms with Gasteiger partial charge in [0, 0.05) is 13.4 Å². The van der Waals surface area contributed by atoms with Crippen molar-refractivity contribution in [3.05, 3.63) is 57.2 Å². The third-order valence-corrected chi connectivity index (χ3v) is 4.19. The molecule has 0 saturated heterocycles. The van der Waals surface area contributed by atoms with Crippen molar-refractivity contribution in [3.8, 4) is 0 Å². The van der Waals surface area contributed by atoms with Crippen LogP contribution in [0.2, 0.25) is 0 Å². The van der Waals surface area contributed by atoms with Gasteiger partial charge in [-0.15, -0.1) is 0 Å². The highest BCUT2D eigenvalue weighted by molar-refractivity contribution is 14.1. The van der Waals surface area contributed by atoms with E-state index in [1.54, 1.807) is 17.8 Å². The summed E-state index contributed by atoms with van der Waals surface area (Å²) in [4.78, 5) is 13.1. The van der Waals surface area contributed by atoms with E-state index in [2.05, 4.69) is 46.9 Å². The second-order valence-corrected chi connectivity index (χ2v) is 6.23. The molecular weight excluding hydrogens is 359 g/mol. The predicted molar refractivity (Wildman–Crippen MR) is 81.4 cm³/mol. The molecule has 2 aromatic carbocycles. The van der Waals surface area contributed by atoms with Gasteiger partial charge in [0.25, 0.3) is 0 Å². The van der Waals surface area contributed by atoms with E-state index in [9.17, 15) is 4.79 Å². The number of carboxylic acid groups (broad SMARTS) is 1. The molecule has 0 saturated carbocycles. The molecule has 0 spiro atoms. The highest BCUT2D eigenvalue weighted by Gasteiger charge is 2.07. The summed E-state index contributed by atoms with van der Waals surface area (Å²) in [7, 11) is 0. The molecule has 4 heteroatoms. The topological polar surface area (TPSA) is 37.3 Å². The van der Waals surface area contributed by atoms with Gasteiger partial charge in [-0.1, -0.05) is 11.8 Å². The lowest BCUT2D eigenvalue weighted by atomic mass is 10.1. The van der Waals surface area contributed by atoms with Crippen LogP contribution in [0.4, 0.5) is 0 Å². The monoisotopic (exact) mass is 370 g/mol. The Morgan fingerprint density at radius 2 is 1.72 bits per heavy atom. The van der Waals surface area contributed by atoms with Crippen LogP contribution in [0, 0.1) is 10.5 Å². The minimum atomic E-state index is -0.877. The number of hydrogen-bond acceptors (Lipinski definition) is 2. The van der Waals surface area contributed by atoms with Crippen LogP contribution in [0.1, 0.15) is 15.9 Å². The Morgan fingerprint density at radius 1 is 1.11 bits per heavy atom. The highest BCUT2D eigenvalue weighted by atomic mass is 127. The summed E-state index contributed by atoms with van der Waals surface area (Å²) in [5, 5.41) is 8.97. The molecule has 2 aromatic rings. The molecule has 92 valence electrons. The van der Waals surface area contributed by atoms with Gasteiger partial charge in [-0.25, -0.2) is 4.79 Å². The van der Waals surface area contributed by atoms with E-state index >= 15 is 0 Å². The summed E-state index contributed by atoms with van der Waals surface area (Å²) in [6, 6.07) is 13.7. The number of benzene rings is 2. The largest absolute Gasteiger partial charge is 0.478 e. The van der Waals surface area contributed by atoms with Gasteiger partial charge in [0.15, 0.2) is 0 Å². The lowest BCUT2D eigenvalue weighted by Gasteiger charge is -2.05. The van der Waals surface area contributed by atoms with E-state index in [-0.39, 0.29) is 0 Å². The maximum Gasteiger partial charge on any atom is 0.335 e. The van der Waals surface area contributed by atoms with E-state index in [1.807, 2.05) is 19.1 Å². The van der Waals surface area contributed by atoms with E-state index in [0.29, 0.717) is 5.56 Å². The fourth-order valence-corrected chi connectivity index (χ4v) is 2.85. The van der Waals surface area contributed by atoms with Crippen LogP contribution in [0.3, 0.4) is 0 Å². The Bertz CT molecular complexity index is 579. The maximum absolute atomic E-state index is 10.9. The Labute approximate surface area is 124 Å².